The van der Waals surface area contributed by atoms with Gasteiger partial charge in [-0.1, -0.05) is 17.3 Å². The van der Waals surface area contributed by atoms with Crippen LogP contribution in [-0.4, -0.2) is 35.7 Å². The molecule has 0 radical (unpaired) electrons. The van der Waals surface area contributed by atoms with E-state index in [-0.39, 0.29) is 12.2 Å². The van der Waals surface area contributed by atoms with Crippen molar-refractivity contribution in [2.24, 2.45) is 0 Å². The number of rotatable bonds is 4. The van der Waals surface area contributed by atoms with Gasteiger partial charge in [-0.25, -0.2) is 10.1 Å². The van der Waals surface area contributed by atoms with Gasteiger partial charge < -0.3 is 0 Å². The van der Waals surface area contributed by atoms with E-state index in [1.54, 1.807) is 12.1 Å². The van der Waals surface area contributed by atoms with Crippen molar-refractivity contribution >= 4 is 22.6 Å². The van der Waals surface area contributed by atoms with Gasteiger partial charge in [-0.05, 0) is 12.1 Å². The minimum Gasteiger partial charge on any atom is -0.271 e. The van der Waals surface area contributed by atoms with Crippen molar-refractivity contribution in [1.82, 2.24) is 24.9 Å². The Morgan fingerprint density at radius 2 is 2.19 bits per heavy atom. The third kappa shape index (κ3) is 2.54. The number of fused-ring (bicyclic) bond motifs is 1. The minimum absolute atomic E-state index is 0.0752. The van der Waals surface area contributed by atoms with E-state index in [0.717, 1.165) is 22.7 Å². The Hall–Kier alpha value is -3.30. The molecule has 0 aliphatic heterocycles. The zero-order valence-corrected chi connectivity index (χ0v) is 10.6. The van der Waals surface area contributed by atoms with Crippen LogP contribution in [0.1, 0.15) is 0 Å². The number of nitrogens with zero attached hydrogens (tertiary/aromatic N) is 6. The molecule has 3 rings (SSSR count). The summed E-state index contributed by atoms with van der Waals surface area (Å²) in [5.74, 6) is -0.427. The summed E-state index contributed by atoms with van der Waals surface area (Å²) in [6.07, 6.45) is 2.16. The van der Waals surface area contributed by atoms with Gasteiger partial charge in [0.15, 0.2) is 0 Å². The predicted molar refractivity (Wildman–Crippen MR) is 70.8 cm³/mol. The van der Waals surface area contributed by atoms with Crippen molar-refractivity contribution in [2.45, 2.75) is 6.54 Å². The lowest BCUT2D eigenvalue weighted by atomic mass is 10.3. The molecule has 106 valence electrons. The number of carbonyl (C=O) groups excluding carboxylic acids is 1. The first-order valence-corrected chi connectivity index (χ1v) is 5.90. The van der Waals surface area contributed by atoms with Crippen LogP contribution in [0, 0.1) is 10.1 Å². The zero-order chi connectivity index (χ0) is 14.8. The summed E-state index contributed by atoms with van der Waals surface area (Å²) in [4.78, 5) is 22.8. The van der Waals surface area contributed by atoms with Crippen molar-refractivity contribution in [1.29, 1.82) is 0 Å². The summed E-state index contributed by atoms with van der Waals surface area (Å²) >= 11 is 0. The van der Waals surface area contributed by atoms with Gasteiger partial charge in [-0.3, -0.25) is 14.9 Å². The lowest BCUT2D eigenvalue weighted by Crippen LogP contribution is -2.27. The van der Waals surface area contributed by atoms with Crippen LogP contribution in [0.15, 0.2) is 36.7 Å². The molecule has 21 heavy (non-hydrogen) atoms. The third-order valence-electron chi connectivity index (χ3n) is 2.73. The van der Waals surface area contributed by atoms with E-state index >= 15 is 0 Å². The Kier molecular flexibility index (Phi) is 3.03. The lowest BCUT2D eigenvalue weighted by Gasteiger charge is -2.04. The maximum Gasteiger partial charge on any atom is 0.309 e. The molecule has 3 aromatic rings. The second kappa shape index (κ2) is 5.00. The molecule has 0 aliphatic rings. The SMILES string of the molecule is O=C(Cn1nnc2ccccc21)Nn1cc([N+](=O)[O-])cn1. The average molecular weight is 287 g/mol. The highest BCUT2D eigenvalue weighted by Gasteiger charge is 2.12. The minimum atomic E-state index is -0.597. The van der Waals surface area contributed by atoms with Crippen molar-refractivity contribution < 1.29 is 9.72 Å². The van der Waals surface area contributed by atoms with Gasteiger partial charge in [-0.2, -0.15) is 9.89 Å². The van der Waals surface area contributed by atoms with Crippen LogP contribution in [0.5, 0.6) is 0 Å². The summed E-state index contributed by atoms with van der Waals surface area (Å²) < 4.78 is 1.43. The summed E-state index contributed by atoms with van der Waals surface area (Å²) in [5.41, 5.74) is 3.59. The first-order chi connectivity index (χ1) is 10.1. The Balaban J connectivity index is 1.72. The number of nitrogens with one attached hydrogen (secondary N) is 1. The van der Waals surface area contributed by atoms with Crippen LogP contribution < -0.4 is 5.43 Å². The fraction of sp³-hybridized carbons (Fsp3) is 0.0909. The molecule has 1 aromatic carbocycles. The normalized spacial score (nSPS) is 10.7. The van der Waals surface area contributed by atoms with Crippen molar-refractivity contribution in [3.63, 3.8) is 0 Å². The van der Waals surface area contributed by atoms with Crippen LogP contribution in [0.4, 0.5) is 5.69 Å². The molecule has 2 aromatic heterocycles. The van der Waals surface area contributed by atoms with E-state index in [2.05, 4.69) is 20.8 Å². The van der Waals surface area contributed by atoms with Crippen molar-refractivity contribution in [3.8, 4) is 0 Å². The van der Waals surface area contributed by atoms with Gasteiger partial charge in [0.05, 0.1) is 10.4 Å². The molecule has 0 aliphatic carbocycles. The number of carbonyl (C=O) groups is 1. The molecular weight excluding hydrogens is 278 g/mol. The van der Waals surface area contributed by atoms with Gasteiger partial charge in [-0.15, -0.1) is 5.10 Å². The van der Waals surface area contributed by atoms with Crippen LogP contribution in [0.3, 0.4) is 0 Å². The van der Waals surface area contributed by atoms with E-state index in [4.69, 9.17) is 0 Å². The fourth-order valence-corrected chi connectivity index (χ4v) is 1.80. The van der Waals surface area contributed by atoms with Gasteiger partial charge in [0.25, 0.3) is 5.91 Å². The molecule has 0 fully saturated rings. The Morgan fingerprint density at radius 1 is 1.38 bits per heavy atom. The number of aromatic nitrogens is 5. The second-order valence-electron chi connectivity index (χ2n) is 4.17. The molecular formula is C11H9N7O3. The van der Waals surface area contributed by atoms with Crippen LogP contribution in [0.25, 0.3) is 11.0 Å². The molecule has 10 heteroatoms. The maximum atomic E-state index is 11.9. The lowest BCUT2D eigenvalue weighted by molar-refractivity contribution is -0.384. The molecule has 0 spiro atoms. The number of hydrogen-bond acceptors (Lipinski definition) is 6. The smallest absolute Gasteiger partial charge is 0.271 e. The van der Waals surface area contributed by atoms with E-state index in [1.165, 1.54) is 4.68 Å². The van der Waals surface area contributed by atoms with Gasteiger partial charge in [0.1, 0.15) is 24.5 Å². The Bertz CT molecular complexity index is 822. The van der Waals surface area contributed by atoms with Crippen LogP contribution in [-0.2, 0) is 11.3 Å². The monoisotopic (exact) mass is 287 g/mol. The largest absolute Gasteiger partial charge is 0.309 e. The maximum absolute atomic E-state index is 11.9. The van der Waals surface area contributed by atoms with E-state index in [1.807, 2.05) is 12.1 Å². The molecule has 1 amide bonds. The van der Waals surface area contributed by atoms with Gasteiger partial charge >= 0.3 is 5.69 Å². The Morgan fingerprint density at radius 3 is 2.95 bits per heavy atom. The van der Waals surface area contributed by atoms with Gasteiger partial charge in [0, 0.05) is 0 Å². The highest BCUT2D eigenvalue weighted by atomic mass is 16.6. The zero-order valence-electron chi connectivity index (χ0n) is 10.6. The summed E-state index contributed by atoms with van der Waals surface area (Å²) in [6.45, 7) is -0.0752. The standard InChI is InChI=1S/C11H9N7O3/c19-11(14-17-6-8(5-12-17)18(20)21)7-16-10-4-2-1-3-9(10)13-15-16/h1-6H,7H2,(H,14,19). The third-order valence-corrected chi connectivity index (χ3v) is 2.73. The molecule has 0 unspecified atom stereocenters. The van der Waals surface area contributed by atoms with Crippen molar-refractivity contribution in [3.05, 3.63) is 46.8 Å². The highest BCUT2D eigenvalue weighted by molar-refractivity contribution is 5.85. The number of para-hydroxylation sites is 1. The summed E-state index contributed by atoms with van der Waals surface area (Å²) in [6, 6.07) is 7.22. The number of amides is 1. The number of benzene rings is 1. The highest BCUT2D eigenvalue weighted by Crippen LogP contribution is 2.09. The van der Waals surface area contributed by atoms with E-state index < -0.39 is 10.8 Å². The van der Waals surface area contributed by atoms with Crippen LogP contribution >= 0.6 is 0 Å². The number of nitro groups is 1. The fourth-order valence-electron chi connectivity index (χ4n) is 1.80. The van der Waals surface area contributed by atoms with E-state index in [9.17, 15) is 14.9 Å². The molecule has 0 saturated carbocycles. The number of hydrogen-bond donors (Lipinski definition) is 1. The first kappa shape index (κ1) is 12.7. The Labute approximate surface area is 117 Å². The first-order valence-electron chi connectivity index (χ1n) is 5.90. The van der Waals surface area contributed by atoms with Crippen molar-refractivity contribution in [2.75, 3.05) is 5.43 Å². The van der Waals surface area contributed by atoms with Crippen LogP contribution in [0.2, 0.25) is 0 Å². The molecule has 2 heterocycles. The summed E-state index contributed by atoms with van der Waals surface area (Å²) in [5, 5.41) is 22.0. The van der Waals surface area contributed by atoms with E-state index in [0.29, 0.717) is 5.52 Å². The molecule has 0 saturated heterocycles. The molecule has 1 N–H and O–H groups in total. The molecule has 0 bridgehead atoms. The van der Waals surface area contributed by atoms with Gasteiger partial charge in [0.2, 0.25) is 0 Å². The quantitative estimate of drug-likeness (QED) is 0.544. The predicted octanol–water partition coefficient (Wildman–Crippen LogP) is 0.306. The topological polar surface area (TPSA) is 121 Å². The molecule has 0 atom stereocenters. The molecule has 10 nitrogen and oxygen atoms in total. The average Bonchev–Trinajstić information content (AvgIpc) is 3.07. The second-order valence-corrected chi connectivity index (χ2v) is 4.17. The summed E-state index contributed by atoms with van der Waals surface area (Å²) in [7, 11) is 0.